The van der Waals surface area contributed by atoms with E-state index in [-0.39, 0.29) is 5.78 Å². The molecule has 2 aromatic heterocycles. The van der Waals surface area contributed by atoms with Gasteiger partial charge in [-0.25, -0.2) is 9.50 Å². The third-order valence-electron chi connectivity index (χ3n) is 3.69. The molecule has 0 fully saturated rings. The average molecular weight is 304 g/mol. The molecule has 2 heterocycles. The summed E-state index contributed by atoms with van der Waals surface area (Å²) in [5, 5.41) is 5.17. The van der Waals surface area contributed by atoms with E-state index in [1.54, 1.807) is 22.5 Å². The molecule has 0 saturated carbocycles. The topological polar surface area (TPSA) is 60.1 Å². The van der Waals surface area contributed by atoms with Crippen LogP contribution in [0.25, 0.3) is 5.78 Å². The predicted molar refractivity (Wildman–Crippen MR) is 82.8 cm³/mol. The molecule has 5 nitrogen and oxygen atoms in total. The quantitative estimate of drug-likeness (QED) is 0.813. The Morgan fingerprint density at radius 1 is 1.38 bits per heavy atom. The van der Waals surface area contributed by atoms with Crippen LogP contribution in [0.2, 0.25) is 0 Å². The predicted octanol–water partition coefficient (Wildman–Crippen LogP) is 3.03. The van der Waals surface area contributed by atoms with Gasteiger partial charge in [0, 0.05) is 18.4 Å². The molecule has 0 N–H and O–H groups in total. The van der Waals surface area contributed by atoms with Crippen molar-refractivity contribution < 1.29 is 4.79 Å². The second-order valence-corrected chi connectivity index (χ2v) is 7.27. The van der Waals surface area contributed by atoms with Crippen molar-refractivity contribution in [3.63, 3.8) is 0 Å². The fourth-order valence-electron chi connectivity index (χ4n) is 2.50. The number of rotatable bonds is 4. The first kappa shape index (κ1) is 14.5. The minimum absolute atomic E-state index is 0.169. The van der Waals surface area contributed by atoms with Crippen LogP contribution in [0, 0.1) is 11.8 Å². The molecule has 0 radical (unpaired) electrons. The van der Waals surface area contributed by atoms with E-state index in [0.29, 0.717) is 29.6 Å². The van der Waals surface area contributed by atoms with Crippen LogP contribution >= 0.6 is 11.8 Å². The number of thioether (sulfide) groups is 1. The zero-order valence-corrected chi connectivity index (χ0v) is 13.5. The number of hydrogen-bond acceptors (Lipinski definition) is 5. The minimum atomic E-state index is 0.169. The maximum absolute atomic E-state index is 12.1. The van der Waals surface area contributed by atoms with Crippen LogP contribution < -0.4 is 0 Å². The van der Waals surface area contributed by atoms with Gasteiger partial charge in [-0.15, -0.1) is 5.10 Å². The number of carbonyl (C=O) groups is 1. The fourth-order valence-corrected chi connectivity index (χ4v) is 3.56. The van der Waals surface area contributed by atoms with Crippen molar-refractivity contribution in [2.75, 3.05) is 5.75 Å². The van der Waals surface area contributed by atoms with Gasteiger partial charge in [-0.05, 0) is 24.7 Å². The first-order valence-corrected chi connectivity index (χ1v) is 8.43. The summed E-state index contributed by atoms with van der Waals surface area (Å²) in [5.41, 5.74) is 1.58. The number of ketones is 1. The van der Waals surface area contributed by atoms with Crippen molar-refractivity contribution in [3.8, 4) is 0 Å². The molecule has 1 atom stereocenters. The molecule has 0 bridgehead atoms. The van der Waals surface area contributed by atoms with Crippen molar-refractivity contribution in [2.24, 2.45) is 11.8 Å². The molecule has 21 heavy (non-hydrogen) atoms. The van der Waals surface area contributed by atoms with E-state index in [9.17, 15) is 4.79 Å². The smallest absolute Gasteiger partial charge is 0.253 e. The zero-order valence-electron chi connectivity index (χ0n) is 12.7. The molecule has 2 aromatic rings. The van der Waals surface area contributed by atoms with Crippen LogP contribution in [0.3, 0.4) is 0 Å². The fraction of sp³-hybridized carbons (Fsp3) is 0.600. The summed E-state index contributed by atoms with van der Waals surface area (Å²) >= 11 is 1.65. The SMILES string of the molecule is CC(C)CCSc1nc2nc3c(cn2n1)C(=O)CC(C)C3. The van der Waals surface area contributed by atoms with Gasteiger partial charge in [0.05, 0.1) is 11.3 Å². The summed E-state index contributed by atoms with van der Waals surface area (Å²) in [6.45, 7) is 6.50. The number of Topliss-reactive ketones (excluding diaryl/α,β-unsaturated/α-hetero) is 1. The van der Waals surface area contributed by atoms with E-state index < -0.39 is 0 Å². The molecule has 112 valence electrons. The zero-order chi connectivity index (χ0) is 15.0. The maximum atomic E-state index is 12.1. The highest BCUT2D eigenvalue weighted by atomic mass is 32.2. The summed E-state index contributed by atoms with van der Waals surface area (Å²) in [6, 6.07) is 0. The second kappa shape index (κ2) is 5.75. The summed E-state index contributed by atoms with van der Waals surface area (Å²) in [7, 11) is 0. The van der Waals surface area contributed by atoms with Gasteiger partial charge in [0.15, 0.2) is 5.78 Å². The normalized spacial score (nSPS) is 18.5. The highest BCUT2D eigenvalue weighted by molar-refractivity contribution is 7.99. The van der Waals surface area contributed by atoms with Crippen LogP contribution in [-0.4, -0.2) is 31.1 Å². The highest BCUT2D eigenvalue weighted by Crippen LogP contribution is 2.25. The Labute approximate surface area is 128 Å². The molecule has 6 heteroatoms. The van der Waals surface area contributed by atoms with Gasteiger partial charge in [0.25, 0.3) is 5.78 Å². The van der Waals surface area contributed by atoms with E-state index in [4.69, 9.17) is 0 Å². The van der Waals surface area contributed by atoms with E-state index in [0.717, 1.165) is 29.4 Å². The number of carbonyl (C=O) groups excluding carboxylic acids is 1. The lowest BCUT2D eigenvalue weighted by Crippen LogP contribution is -2.20. The van der Waals surface area contributed by atoms with Crippen LogP contribution in [0.15, 0.2) is 11.4 Å². The Morgan fingerprint density at radius 3 is 2.95 bits per heavy atom. The largest absolute Gasteiger partial charge is 0.294 e. The summed E-state index contributed by atoms with van der Waals surface area (Å²) < 4.78 is 1.64. The number of aromatic nitrogens is 4. The first-order valence-electron chi connectivity index (χ1n) is 7.45. The third kappa shape index (κ3) is 3.10. The molecule has 0 saturated heterocycles. The average Bonchev–Trinajstić information content (AvgIpc) is 2.77. The molecule has 1 unspecified atom stereocenters. The van der Waals surface area contributed by atoms with E-state index in [1.807, 2.05) is 0 Å². The van der Waals surface area contributed by atoms with Crippen molar-refractivity contribution in [2.45, 2.75) is 45.2 Å². The molecular formula is C15H20N4OS. The van der Waals surface area contributed by atoms with Gasteiger partial charge >= 0.3 is 0 Å². The molecule has 1 aliphatic rings. The Morgan fingerprint density at radius 2 is 2.19 bits per heavy atom. The van der Waals surface area contributed by atoms with Gasteiger partial charge < -0.3 is 0 Å². The monoisotopic (exact) mass is 304 g/mol. The Hall–Kier alpha value is -1.43. The third-order valence-corrected chi connectivity index (χ3v) is 4.56. The van der Waals surface area contributed by atoms with Crippen molar-refractivity contribution in [1.29, 1.82) is 0 Å². The molecule has 0 aliphatic heterocycles. The molecule has 3 rings (SSSR count). The number of fused-ring (bicyclic) bond motifs is 2. The molecule has 0 spiro atoms. The van der Waals surface area contributed by atoms with Crippen molar-refractivity contribution in [1.82, 2.24) is 19.6 Å². The summed E-state index contributed by atoms with van der Waals surface area (Å²) in [5.74, 6) is 2.82. The maximum Gasteiger partial charge on any atom is 0.253 e. The minimum Gasteiger partial charge on any atom is -0.294 e. The standard InChI is InChI=1S/C15H20N4OS/c1-9(2)4-5-21-15-17-14-16-12-6-10(3)7-13(20)11(12)8-19(14)18-15/h8-10H,4-7H2,1-3H3. The lowest BCUT2D eigenvalue weighted by atomic mass is 9.88. The molecule has 0 aromatic carbocycles. The van der Waals surface area contributed by atoms with Crippen LogP contribution in [0.4, 0.5) is 0 Å². The lowest BCUT2D eigenvalue weighted by molar-refractivity contribution is 0.0951. The molecule has 0 amide bonds. The Bertz CT molecular complexity index is 680. The van der Waals surface area contributed by atoms with E-state index in [1.165, 1.54) is 0 Å². The molecular weight excluding hydrogens is 284 g/mol. The molecule has 1 aliphatic carbocycles. The van der Waals surface area contributed by atoms with Crippen LogP contribution in [0.5, 0.6) is 0 Å². The van der Waals surface area contributed by atoms with Gasteiger partial charge in [-0.3, -0.25) is 4.79 Å². The van der Waals surface area contributed by atoms with Gasteiger partial charge in [0.2, 0.25) is 5.16 Å². The number of nitrogens with zero attached hydrogens (tertiary/aromatic N) is 4. The van der Waals surface area contributed by atoms with Crippen molar-refractivity contribution >= 4 is 23.3 Å². The van der Waals surface area contributed by atoms with Crippen LogP contribution in [-0.2, 0) is 6.42 Å². The first-order chi connectivity index (χ1) is 10.0. The summed E-state index contributed by atoms with van der Waals surface area (Å²) in [4.78, 5) is 21.1. The number of hydrogen-bond donors (Lipinski definition) is 0. The summed E-state index contributed by atoms with van der Waals surface area (Å²) in [6.07, 6.45) is 4.39. The van der Waals surface area contributed by atoms with Gasteiger partial charge in [-0.1, -0.05) is 32.5 Å². The highest BCUT2D eigenvalue weighted by Gasteiger charge is 2.25. The van der Waals surface area contributed by atoms with E-state index in [2.05, 4.69) is 35.8 Å². The Balaban J connectivity index is 1.86. The Kier molecular flexibility index (Phi) is 3.97. The lowest BCUT2D eigenvalue weighted by Gasteiger charge is -2.18. The van der Waals surface area contributed by atoms with Gasteiger partial charge in [-0.2, -0.15) is 4.98 Å². The van der Waals surface area contributed by atoms with Crippen LogP contribution in [0.1, 0.15) is 49.7 Å². The second-order valence-electron chi connectivity index (χ2n) is 6.21. The van der Waals surface area contributed by atoms with Gasteiger partial charge in [0.1, 0.15) is 0 Å². The van der Waals surface area contributed by atoms with Crippen molar-refractivity contribution in [3.05, 3.63) is 17.5 Å². The van der Waals surface area contributed by atoms with E-state index >= 15 is 0 Å².